The van der Waals surface area contributed by atoms with E-state index in [1.807, 2.05) is 48.5 Å². The standard InChI is InChI=1S/C28H31ClN2O2/c1-33-27-13-6-5-11-23(27)16-17-30-28(32)24-14-15-26(22-9-3-2-4-10-22)31(20-24)19-21-8-7-12-25(29)18-21/h2-13,18,24,26H,14-17,19-20H2,1H3,(H,30,32). The third kappa shape index (κ3) is 6.16. The maximum atomic E-state index is 13.0. The predicted molar refractivity (Wildman–Crippen MR) is 133 cm³/mol. The molecule has 1 saturated heterocycles. The molecule has 2 unspecified atom stereocenters. The van der Waals surface area contributed by atoms with Gasteiger partial charge in [-0.1, -0.05) is 72.3 Å². The monoisotopic (exact) mass is 462 g/mol. The van der Waals surface area contributed by atoms with Crippen molar-refractivity contribution in [2.24, 2.45) is 5.92 Å². The highest BCUT2D eigenvalue weighted by Crippen LogP contribution is 2.35. The van der Waals surface area contributed by atoms with Gasteiger partial charge in [-0.15, -0.1) is 0 Å². The number of methoxy groups -OCH3 is 1. The van der Waals surface area contributed by atoms with Gasteiger partial charge in [0.2, 0.25) is 5.91 Å². The molecule has 4 nitrogen and oxygen atoms in total. The quantitative estimate of drug-likeness (QED) is 0.469. The lowest BCUT2D eigenvalue weighted by Gasteiger charge is -2.39. The van der Waals surface area contributed by atoms with Gasteiger partial charge in [-0.3, -0.25) is 9.69 Å². The average molecular weight is 463 g/mol. The number of nitrogens with one attached hydrogen (secondary N) is 1. The van der Waals surface area contributed by atoms with Crippen molar-refractivity contribution in [3.63, 3.8) is 0 Å². The molecule has 3 aromatic rings. The number of para-hydroxylation sites is 1. The van der Waals surface area contributed by atoms with Gasteiger partial charge in [-0.05, 0) is 54.2 Å². The summed E-state index contributed by atoms with van der Waals surface area (Å²) in [7, 11) is 1.68. The minimum Gasteiger partial charge on any atom is -0.496 e. The fourth-order valence-corrected chi connectivity index (χ4v) is 4.94. The van der Waals surface area contributed by atoms with Crippen molar-refractivity contribution in [2.45, 2.75) is 31.8 Å². The van der Waals surface area contributed by atoms with Crippen molar-refractivity contribution < 1.29 is 9.53 Å². The molecule has 0 saturated carbocycles. The van der Waals surface area contributed by atoms with Gasteiger partial charge in [0.15, 0.2) is 0 Å². The van der Waals surface area contributed by atoms with Crippen molar-refractivity contribution in [1.29, 1.82) is 0 Å². The molecule has 1 fully saturated rings. The molecule has 0 bridgehead atoms. The van der Waals surface area contributed by atoms with Crippen LogP contribution in [0.15, 0.2) is 78.9 Å². The summed E-state index contributed by atoms with van der Waals surface area (Å²) in [6, 6.07) is 26.8. The van der Waals surface area contributed by atoms with Crippen LogP contribution in [-0.4, -0.2) is 31.0 Å². The maximum absolute atomic E-state index is 13.0. The van der Waals surface area contributed by atoms with Crippen LogP contribution >= 0.6 is 11.6 Å². The SMILES string of the molecule is COc1ccccc1CCNC(=O)C1CCC(c2ccccc2)N(Cc2cccc(Cl)c2)C1. The number of rotatable bonds is 8. The van der Waals surface area contributed by atoms with Crippen molar-refractivity contribution in [3.05, 3.63) is 101 Å². The summed E-state index contributed by atoms with van der Waals surface area (Å²) in [6.45, 7) is 2.10. The molecule has 1 aliphatic heterocycles. The highest BCUT2D eigenvalue weighted by atomic mass is 35.5. The van der Waals surface area contributed by atoms with Gasteiger partial charge < -0.3 is 10.1 Å². The van der Waals surface area contributed by atoms with Crippen LogP contribution in [0.5, 0.6) is 5.75 Å². The second-order valence-electron chi connectivity index (χ2n) is 8.61. The van der Waals surface area contributed by atoms with Crippen LogP contribution in [0.3, 0.4) is 0 Å². The Kier molecular flexibility index (Phi) is 8.03. The van der Waals surface area contributed by atoms with E-state index >= 15 is 0 Å². The molecule has 33 heavy (non-hydrogen) atoms. The Hall–Kier alpha value is -2.82. The lowest BCUT2D eigenvalue weighted by atomic mass is 9.88. The van der Waals surface area contributed by atoms with E-state index in [2.05, 4.69) is 40.5 Å². The summed E-state index contributed by atoms with van der Waals surface area (Å²) >= 11 is 6.23. The first kappa shape index (κ1) is 23.3. The summed E-state index contributed by atoms with van der Waals surface area (Å²) in [4.78, 5) is 15.5. The second-order valence-corrected chi connectivity index (χ2v) is 9.05. The predicted octanol–water partition coefficient (Wildman–Crippen LogP) is 5.66. The van der Waals surface area contributed by atoms with Crippen LogP contribution in [0, 0.1) is 5.92 Å². The van der Waals surface area contributed by atoms with Crippen LogP contribution in [0.2, 0.25) is 5.02 Å². The van der Waals surface area contributed by atoms with E-state index in [-0.39, 0.29) is 11.8 Å². The van der Waals surface area contributed by atoms with Crippen LogP contribution in [0.1, 0.15) is 35.6 Å². The van der Waals surface area contributed by atoms with Crippen molar-refractivity contribution in [1.82, 2.24) is 10.2 Å². The van der Waals surface area contributed by atoms with E-state index in [1.165, 1.54) is 11.1 Å². The highest BCUT2D eigenvalue weighted by Gasteiger charge is 2.32. The fourth-order valence-electron chi connectivity index (χ4n) is 4.73. The number of carbonyl (C=O) groups is 1. The van der Waals surface area contributed by atoms with E-state index in [9.17, 15) is 4.79 Å². The van der Waals surface area contributed by atoms with Gasteiger partial charge in [-0.2, -0.15) is 0 Å². The number of likely N-dealkylation sites (tertiary alicyclic amines) is 1. The minimum atomic E-state index is -0.0261. The van der Waals surface area contributed by atoms with Crippen LogP contribution < -0.4 is 10.1 Å². The highest BCUT2D eigenvalue weighted by molar-refractivity contribution is 6.30. The van der Waals surface area contributed by atoms with Gasteiger partial charge in [0.1, 0.15) is 5.75 Å². The Morgan fingerprint density at radius 2 is 1.82 bits per heavy atom. The van der Waals surface area contributed by atoms with Crippen LogP contribution in [-0.2, 0) is 17.8 Å². The van der Waals surface area contributed by atoms with Crippen LogP contribution in [0.25, 0.3) is 0 Å². The van der Waals surface area contributed by atoms with E-state index < -0.39 is 0 Å². The Labute approximate surface area is 201 Å². The summed E-state index contributed by atoms with van der Waals surface area (Å²) < 4.78 is 5.42. The van der Waals surface area contributed by atoms with Gasteiger partial charge >= 0.3 is 0 Å². The molecule has 4 rings (SSSR count). The summed E-state index contributed by atoms with van der Waals surface area (Å²) in [5, 5.41) is 3.90. The lowest BCUT2D eigenvalue weighted by Crippen LogP contribution is -2.44. The number of amides is 1. The number of hydrogen-bond acceptors (Lipinski definition) is 3. The van der Waals surface area contributed by atoms with E-state index in [1.54, 1.807) is 7.11 Å². The number of hydrogen-bond donors (Lipinski definition) is 1. The topological polar surface area (TPSA) is 41.6 Å². The van der Waals surface area contributed by atoms with Gasteiger partial charge in [0, 0.05) is 30.7 Å². The van der Waals surface area contributed by atoms with Crippen molar-refractivity contribution in [2.75, 3.05) is 20.2 Å². The Bertz CT molecular complexity index is 1060. The summed E-state index contributed by atoms with van der Waals surface area (Å²) in [6.07, 6.45) is 2.59. The zero-order valence-electron chi connectivity index (χ0n) is 19.0. The first-order valence-corrected chi connectivity index (χ1v) is 11.9. The summed E-state index contributed by atoms with van der Waals surface area (Å²) in [5.41, 5.74) is 3.57. The van der Waals surface area contributed by atoms with E-state index in [0.717, 1.165) is 48.7 Å². The van der Waals surface area contributed by atoms with Gasteiger partial charge in [0.05, 0.1) is 13.0 Å². The number of nitrogens with zero attached hydrogens (tertiary/aromatic N) is 1. The largest absolute Gasteiger partial charge is 0.496 e. The van der Waals surface area contributed by atoms with E-state index in [4.69, 9.17) is 16.3 Å². The molecule has 1 N–H and O–H groups in total. The molecule has 2 atom stereocenters. The molecule has 1 aliphatic rings. The molecule has 0 aliphatic carbocycles. The first-order chi connectivity index (χ1) is 16.1. The molecule has 3 aromatic carbocycles. The number of halogens is 1. The molecule has 1 amide bonds. The lowest BCUT2D eigenvalue weighted by molar-refractivity contribution is -0.127. The average Bonchev–Trinajstić information content (AvgIpc) is 2.85. The molecule has 0 radical (unpaired) electrons. The van der Waals surface area contributed by atoms with E-state index in [0.29, 0.717) is 12.6 Å². The Morgan fingerprint density at radius 1 is 1.03 bits per heavy atom. The molecule has 5 heteroatoms. The Balaban J connectivity index is 1.41. The number of benzene rings is 3. The van der Waals surface area contributed by atoms with Gasteiger partial charge in [0.25, 0.3) is 0 Å². The zero-order valence-corrected chi connectivity index (χ0v) is 19.8. The molecular weight excluding hydrogens is 432 g/mol. The molecule has 0 spiro atoms. The zero-order chi connectivity index (χ0) is 23.0. The minimum absolute atomic E-state index is 0.0261. The molecule has 0 aromatic heterocycles. The molecular formula is C28H31ClN2O2. The molecule has 172 valence electrons. The Morgan fingerprint density at radius 3 is 2.61 bits per heavy atom. The summed E-state index contributed by atoms with van der Waals surface area (Å²) in [5.74, 6) is 0.970. The van der Waals surface area contributed by atoms with Crippen molar-refractivity contribution >= 4 is 17.5 Å². The third-order valence-corrected chi connectivity index (χ3v) is 6.64. The van der Waals surface area contributed by atoms with Gasteiger partial charge in [-0.25, -0.2) is 0 Å². The number of ether oxygens (including phenoxy) is 1. The first-order valence-electron chi connectivity index (χ1n) is 11.6. The molecule has 1 heterocycles. The smallest absolute Gasteiger partial charge is 0.224 e. The third-order valence-electron chi connectivity index (χ3n) is 6.40. The number of carbonyl (C=O) groups excluding carboxylic acids is 1. The second kappa shape index (κ2) is 11.4. The van der Waals surface area contributed by atoms with Crippen molar-refractivity contribution in [3.8, 4) is 5.75 Å². The maximum Gasteiger partial charge on any atom is 0.224 e. The fraction of sp³-hybridized carbons (Fsp3) is 0.321. The number of piperidine rings is 1. The normalized spacial score (nSPS) is 18.6. The van der Waals surface area contributed by atoms with Crippen LogP contribution in [0.4, 0.5) is 0 Å².